The van der Waals surface area contributed by atoms with Gasteiger partial charge in [0, 0.05) is 17.1 Å². The summed E-state index contributed by atoms with van der Waals surface area (Å²) in [6, 6.07) is 3.99. The third kappa shape index (κ3) is 5.95. The van der Waals surface area contributed by atoms with Gasteiger partial charge in [-0.25, -0.2) is 4.98 Å². The van der Waals surface area contributed by atoms with E-state index >= 15 is 0 Å². The Balaban J connectivity index is 2.15. The summed E-state index contributed by atoms with van der Waals surface area (Å²) in [6.07, 6.45) is 4.56. The standard InChI is InChI=1S/C11H14BrNOS/c1-9(14)4-2-3-7-15-11-6-5-10(12)8-13-11/h5-6,8H,2-4,7H2,1H3. The lowest BCUT2D eigenvalue weighted by Crippen LogP contribution is -1.90. The summed E-state index contributed by atoms with van der Waals surface area (Å²) < 4.78 is 1.00. The van der Waals surface area contributed by atoms with E-state index in [9.17, 15) is 4.79 Å². The first-order valence-electron chi connectivity index (χ1n) is 4.92. The van der Waals surface area contributed by atoms with Gasteiger partial charge in [0.2, 0.25) is 0 Å². The Morgan fingerprint density at radius 2 is 2.27 bits per heavy atom. The number of nitrogens with zero attached hydrogens (tertiary/aromatic N) is 1. The van der Waals surface area contributed by atoms with Crippen molar-refractivity contribution in [2.24, 2.45) is 0 Å². The number of aromatic nitrogens is 1. The summed E-state index contributed by atoms with van der Waals surface area (Å²) in [7, 11) is 0. The normalized spacial score (nSPS) is 10.3. The molecule has 0 amide bonds. The fraction of sp³-hybridized carbons (Fsp3) is 0.455. The van der Waals surface area contributed by atoms with Crippen LogP contribution in [0.25, 0.3) is 0 Å². The lowest BCUT2D eigenvalue weighted by molar-refractivity contribution is -0.117. The molecule has 0 aromatic carbocycles. The van der Waals surface area contributed by atoms with Crippen molar-refractivity contribution in [2.75, 3.05) is 5.75 Å². The second-order valence-corrected chi connectivity index (χ2v) is 5.35. The first-order valence-corrected chi connectivity index (χ1v) is 6.70. The smallest absolute Gasteiger partial charge is 0.129 e. The molecule has 1 aromatic heterocycles. The first kappa shape index (κ1) is 12.7. The van der Waals surface area contributed by atoms with Gasteiger partial charge in [0.15, 0.2) is 0 Å². The van der Waals surface area contributed by atoms with Gasteiger partial charge in [-0.05, 0) is 53.6 Å². The van der Waals surface area contributed by atoms with Crippen molar-refractivity contribution in [3.8, 4) is 0 Å². The van der Waals surface area contributed by atoms with E-state index in [1.165, 1.54) is 0 Å². The van der Waals surface area contributed by atoms with Crippen molar-refractivity contribution in [2.45, 2.75) is 31.2 Å². The molecule has 0 aliphatic heterocycles. The van der Waals surface area contributed by atoms with Gasteiger partial charge in [-0.3, -0.25) is 0 Å². The zero-order chi connectivity index (χ0) is 11.1. The molecule has 0 saturated heterocycles. The molecule has 0 fully saturated rings. The predicted octanol–water partition coefficient (Wildman–Crippen LogP) is 3.70. The van der Waals surface area contributed by atoms with Crippen LogP contribution < -0.4 is 0 Å². The molecule has 0 N–H and O–H groups in total. The number of ketones is 1. The summed E-state index contributed by atoms with van der Waals surface area (Å²) in [4.78, 5) is 15.0. The maximum absolute atomic E-state index is 10.7. The summed E-state index contributed by atoms with van der Waals surface area (Å²) in [5.41, 5.74) is 0. The van der Waals surface area contributed by atoms with Gasteiger partial charge in [0.05, 0.1) is 5.03 Å². The minimum atomic E-state index is 0.279. The van der Waals surface area contributed by atoms with Crippen LogP contribution in [-0.2, 0) is 4.79 Å². The molecule has 0 saturated carbocycles. The molecule has 4 heteroatoms. The van der Waals surface area contributed by atoms with Crippen LogP contribution in [0.4, 0.5) is 0 Å². The van der Waals surface area contributed by atoms with Crippen LogP contribution in [0, 0.1) is 0 Å². The highest BCUT2D eigenvalue weighted by atomic mass is 79.9. The summed E-state index contributed by atoms with van der Waals surface area (Å²) in [5.74, 6) is 1.31. The van der Waals surface area contributed by atoms with Crippen molar-refractivity contribution in [3.63, 3.8) is 0 Å². The number of Topliss-reactive ketones (excluding diaryl/α,β-unsaturated/α-hetero) is 1. The quantitative estimate of drug-likeness (QED) is 0.590. The van der Waals surface area contributed by atoms with Gasteiger partial charge in [0.25, 0.3) is 0 Å². The van der Waals surface area contributed by atoms with E-state index in [2.05, 4.69) is 20.9 Å². The molecule has 0 bridgehead atoms. The second kappa shape index (κ2) is 7.01. The number of unbranched alkanes of at least 4 members (excludes halogenated alkanes) is 1. The van der Waals surface area contributed by atoms with Crippen molar-refractivity contribution in [1.82, 2.24) is 4.98 Å². The Kier molecular flexibility index (Phi) is 5.95. The fourth-order valence-electron chi connectivity index (χ4n) is 1.10. The SMILES string of the molecule is CC(=O)CCCCSc1ccc(Br)cn1. The number of halogens is 1. The molecular formula is C11H14BrNOS. The molecule has 1 aromatic rings. The number of pyridine rings is 1. The largest absolute Gasteiger partial charge is 0.300 e. The van der Waals surface area contributed by atoms with Crippen LogP contribution in [0.5, 0.6) is 0 Å². The van der Waals surface area contributed by atoms with E-state index in [0.717, 1.165) is 28.1 Å². The number of carbonyl (C=O) groups excluding carboxylic acids is 1. The average Bonchev–Trinajstić information content (AvgIpc) is 2.20. The molecular weight excluding hydrogens is 274 g/mol. The van der Waals surface area contributed by atoms with E-state index in [4.69, 9.17) is 0 Å². The predicted molar refractivity (Wildman–Crippen MR) is 67.2 cm³/mol. The van der Waals surface area contributed by atoms with E-state index < -0.39 is 0 Å². The molecule has 0 aliphatic rings. The molecule has 1 heterocycles. The molecule has 0 unspecified atom stereocenters. The van der Waals surface area contributed by atoms with Crippen LogP contribution in [0.15, 0.2) is 27.8 Å². The van der Waals surface area contributed by atoms with E-state index in [-0.39, 0.29) is 5.78 Å². The van der Waals surface area contributed by atoms with Crippen molar-refractivity contribution < 1.29 is 4.79 Å². The number of carbonyl (C=O) groups is 1. The number of hydrogen-bond acceptors (Lipinski definition) is 3. The maximum Gasteiger partial charge on any atom is 0.129 e. The third-order valence-electron chi connectivity index (χ3n) is 1.87. The molecule has 1 rings (SSSR count). The van der Waals surface area contributed by atoms with E-state index in [1.807, 2.05) is 12.1 Å². The molecule has 0 atom stereocenters. The fourth-order valence-corrected chi connectivity index (χ4v) is 2.18. The minimum absolute atomic E-state index is 0.279. The van der Waals surface area contributed by atoms with Crippen LogP contribution in [0.1, 0.15) is 26.2 Å². The molecule has 2 nitrogen and oxygen atoms in total. The maximum atomic E-state index is 10.7. The van der Waals surface area contributed by atoms with Gasteiger partial charge in [-0.1, -0.05) is 0 Å². The molecule has 15 heavy (non-hydrogen) atoms. The second-order valence-electron chi connectivity index (χ2n) is 3.32. The number of hydrogen-bond donors (Lipinski definition) is 0. The van der Waals surface area contributed by atoms with Gasteiger partial charge in [0.1, 0.15) is 5.78 Å². The summed E-state index contributed by atoms with van der Waals surface area (Å²) >= 11 is 5.08. The highest BCUT2D eigenvalue weighted by Crippen LogP contribution is 2.18. The zero-order valence-electron chi connectivity index (χ0n) is 8.70. The Hall–Kier alpha value is -0.350. The molecule has 82 valence electrons. The molecule has 0 radical (unpaired) electrons. The van der Waals surface area contributed by atoms with Crippen LogP contribution >= 0.6 is 27.7 Å². The molecule has 0 aliphatic carbocycles. The number of thioether (sulfide) groups is 1. The Labute approximate surface area is 103 Å². The zero-order valence-corrected chi connectivity index (χ0v) is 11.1. The highest BCUT2D eigenvalue weighted by Gasteiger charge is 1.97. The highest BCUT2D eigenvalue weighted by molar-refractivity contribution is 9.10. The van der Waals surface area contributed by atoms with Crippen LogP contribution in [0.2, 0.25) is 0 Å². The van der Waals surface area contributed by atoms with Crippen molar-refractivity contribution in [3.05, 3.63) is 22.8 Å². The van der Waals surface area contributed by atoms with Crippen molar-refractivity contribution in [1.29, 1.82) is 0 Å². The van der Waals surface area contributed by atoms with Gasteiger partial charge in [-0.15, -0.1) is 11.8 Å². The average molecular weight is 288 g/mol. The minimum Gasteiger partial charge on any atom is -0.300 e. The summed E-state index contributed by atoms with van der Waals surface area (Å²) in [6.45, 7) is 1.64. The first-order chi connectivity index (χ1) is 7.18. The molecule has 0 spiro atoms. The lowest BCUT2D eigenvalue weighted by Gasteiger charge is -2.00. The van der Waals surface area contributed by atoms with E-state index in [0.29, 0.717) is 6.42 Å². The Morgan fingerprint density at radius 1 is 1.47 bits per heavy atom. The topological polar surface area (TPSA) is 30.0 Å². The Bertz CT molecular complexity index is 313. The van der Waals surface area contributed by atoms with E-state index in [1.54, 1.807) is 24.9 Å². The summed E-state index contributed by atoms with van der Waals surface area (Å²) in [5, 5.41) is 1.04. The van der Waals surface area contributed by atoms with Gasteiger partial charge >= 0.3 is 0 Å². The van der Waals surface area contributed by atoms with Crippen molar-refractivity contribution >= 4 is 33.5 Å². The van der Waals surface area contributed by atoms with Crippen LogP contribution in [-0.4, -0.2) is 16.5 Å². The third-order valence-corrected chi connectivity index (χ3v) is 3.37. The number of rotatable bonds is 6. The Morgan fingerprint density at radius 3 is 2.87 bits per heavy atom. The lowest BCUT2D eigenvalue weighted by atomic mass is 10.2. The van der Waals surface area contributed by atoms with Gasteiger partial charge < -0.3 is 4.79 Å². The van der Waals surface area contributed by atoms with Gasteiger partial charge in [-0.2, -0.15) is 0 Å². The van der Waals surface area contributed by atoms with Crippen LogP contribution in [0.3, 0.4) is 0 Å². The monoisotopic (exact) mass is 287 g/mol.